The number of hydrogen-bond donors (Lipinski definition) is 0. The zero-order valence-electron chi connectivity index (χ0n) is 7.54. The molecule has 0 spiro atoms. The molecule has 12 heavy (non-hydrogen) atoms. The lowest BCUT2D eigenvalue weighted by Crippen LogP contribution is -2.10. The first kappa shape index (κ1) is 9.52. The van der Waals surface area contributed by atoms with Gasteiger partial charge in [-0.15, -0.1) is 0 Å². The third-order valence-corrected chi connectivity index (χ3v) is 2.00. The van der Waals surface area contributed by atoms with Crippen LogP contribution in [0.25, 0.3) is 0 Å². The molecular weight excluding hydrogens is 156 g/mol. The minimum Gasteiger partial charge on any atom is -0.466 e. The van der Waals surface area contributed by atoms with Gasteiger partial charge in [-0.2, -0.15) is 0 Å². The van der Waals surface area contributed by atoms with Gasteiger partial charge in [0, 0.05) is 13.0 Å². The highest BCUT2D eigenvalue weighted by molar-refractivity contribution is 5.69. The third kappa shape index (κ3) is 3.22. The first-order valence-electron chi connectivity index (χ1n) is 4.60. The van der Waals surface area contributed by atoms with Gasteiger partial charge in [-0.1, -0.05) is 0 Å². The van der Waals surface area contributed by atoms with Crippen LogP contribution >= 0.6 is 0 Å². The lowest BCUT2D eigenvalue weighted by Gasteiger charge is -2.07. The number of rotatable bonds is 4. The Balaban J connectivity index is 2.03. The topological polar surface area (TPSA) is 35.5 Å². The average Bonchev–Trinajstić information content (AvgIpc) is 2.53. The first-order valence-corrected chi connectivity index (χ1v) is 4.60. The summed E-state index contributed by atoms with van der Waals surface area (Å²) in [5.41, 5.74) is 0. The molecule has 1 aliphatic heterocycles. The molecule has 3 nitrogen and oxygen atoms in total. The number of hydrogen-bond acceptors (Lipinski definition) is 3. The van der Waals surface area contributed by atoms with Gasteiger partial charge in [-0.3, -0.25) is 4.79 Å². The highest BCUT2D eigenvalue weighted by Crippen LogP contribution is 2.16. The summed E-state index contributed by atoms with van der Waals surface area (Å²) in [5.74, 6) is -0.104. The van der Waals surface area contributed by atoms with E-state index in [1.165, 1.54) is 0 Å². The van der Waals surface area contributed by atoms with Crippen LogP contribution in [0.4, 0.5) is 0 Å². The fourth-order valence-electron chi connectivity index (χ4n) is 1.38. The summed E-state index contributed by atoms with van der Waals surface area (Å²) >= 11 is 0. The number of ether oxygens (including phenoxy) is 2. The van der Waals surface area contributed by atoms with Crippen molar-refractivity contribution in [1.29, 1.82) is 0 Å². The largest absolute Gasteiger partial charge is 0.466 e. The molecule has 1 aliphatic rings. The van der Waals surface area contributed by atoms with Crippen LogP contribution in [0.15, 0.2) is 0 Å². The second kappa shape index (κ2) is 5.14. The maximum Gasteiger partial charge on any atom is 0.305 e. The molecule has 0 unspecified atom stereocenters. The normalized spacial score (nSPS) is 22.6. The molecule has 1 rings (SSSR count). The van der Waals surface area contributed by atoms with Crippen molar-refractivity contribution >= 4 is 5.97 Å². The molecule has 0 aromatic rings. The first-order chi connectivity index (χ1) is 5.83. The summed E-state index contributed by atoms with van der Waals surface area (Å²) in [6.07, 6.45) is 3.85. The molecule has 0 N–H and O–H groups in total. The lowest BCUT2D eigenvalue weighted by atomic mass is 10.1. The van der Waals surface area contributed by atoms with Crippen molar-refractivity contribution < 1.29 is 14.3 Å². The average molecular weight is 172 g/mol. The Kier molecular flexibility index (Phi) is 4.08. The SMILES string of the molecule is CCOC(=O)CC[C@@H]1CCCO1. The van der Waals surface area contributed by atoms with Crippen molar-refractivity contribution in [1.82, 2.24) is 0 Å². The predicted octanol–water partition coefficient (Wildman–Crippen LogP) is 1.51. The van der Waals surface area contributed by atoms with Gasteiger partial charge in [-0.25, -0.2) is 0 Å². The summed E-state index contributed by atoms with van der Waals surface area (Å²) in [7, 11) is 0. The number of esters is 1. The Morgan fingerprint density at radius 1 is 1.67 bits per heavy atom. The van der Waals surface area contributed by atoms with Gasteiger partial charge in [0.05, 0.1) is 12.7 Å². The van der Waals surface area contributed by atoms with Crippen LogP contribution < -0.4 is 0 Å². The van der Waals surface area contributed by atoms with E-state index >= 15 is 0 Å². The lowest BCUT2D eigenvalue weighted by molar-refractivity contribution is -0.143. The quantitative estimate of drug-likeness (QED) is 0.603. The van der Waals surface area contributed by atoms with Crippen LogP contribution in [-0.4, -0.2) is 25.3 Å². The summed E-state index contributed by atoms with van der Waals surface area (Å²) < 4.78 is 10.2. The van der Waals surface area contributed by atoms with E-state index in [2.05, 4.69) is 0 Å². The van der Waals surface area contributed by atoms with E-state index in [0.717, 1.165) is 25.9 Å². The van der Waals surface area contributed by atoms with E-state index in [1.807, 2.05) is 6.92 Å². The smallest absolute Gasteiger partial charge is 0.305 e. The van der Waals surface area contributed by atoms with E-state index < -0.39 is 0 Å². The molecule has 0 radical (unpaired) electrons. The van der Waals surface area contributed by atoms with Crippen LogP contribution in [0, 0.1) is 0 Å². The summed E-state index contributed by atoms with van der Waals surface area (Å²) in [5, 5.41) is 0. The predicted molar refractivity (Wildman–Crippen MR) is 44.8 cm³/mol. The molecule has 3 heteroatoms. The second-order valence-electron chi connectivity index (χ2n) is 2.98. The van der Waals surface area contributed by atoms with Crippen molar-refractivity contribution in [3.63, 3.8) is 0 Å². The zero-order valence-corrected chi connectivity index (χ0v) is 7.54. The zero-order chi connectivity index (χ0) is 8.81. The fourth-order valence-corrected chi connectivity index (χ4v) is 1.38. The van der Waals surface area contributed by atoms with Gasteiger partial charge >= 0.3 is 5.97 Å². The van der Waals surface area contributed by atoms with Crippen LogP contribution in [0.5, 0.6) is 0 Å². The van der Waals surface area contributed by atoms with E-state index in [9.17, 15) is 4.79 Å². The molecule has 1 fully saturated rings. The fraction of sp³-hybridized carbons (Fsp3) is 0.889. The van der Waals surface area contributed by atoms with Crippen LogP contribution in [0.3, 0.4) is 0 Å². The molecule has 0 aromatic carbocycles. The molecule has 0 aliphatic carbocycles. The van der Waals surface area contributed by atoms with E-state index in [4.69, 9.17) is 9.47 Å². The summed E-state index contributed by atoms with van der Waals surface area (Å²) in [6, 6.07) is 0. The van der Waals surface area contributed by atoms with Gasteiger partial charge < -0.3 is 9.47 Å². The summed E-state index contributed by atoms with van der Waals surface area (Å²) in [4.78, 5) is 10.9. The molecular formula is C9H16O3. The molecule has 0 aromatic heterocycles. The van der Waals surface area contributed by atoms with Crippen molar-refractivity contribution in [3.8, 4) is 0 Å². The van der Waals surface area contributed by atoms with E-state index in [1.54, 1.807) is 0 Å². The molecule has 0 amide bonds. The van der Waals surface area contributed by atoms with Gasteiger partial charge in [-0.05, 0) is 26.2 Å². The second-order valence-corrected chi connectivity index (χ2v) is 2.98. The van der Waals surface area contributed by atoms with Crippen molar-refractivity contribution in [3.05, 3.63) is 0 Å². The van der Waals surface area contributed by atoms with Gasteiger partial charge in [0.25, 0.3) is 0 Å². The number of carbonyl (C=O) groups is 1. The number of carbonyl (C=O) groups excluding carboxylic acids is 1. The van der Waals surface area contributed by atoms with Crippen LogP contribution in [0.2, 0.25) is 0 Å². The Labute approximate surface area is 73.0 Å². The van der Waals surface area contributed by atoms with Crippen molar-refractivity contribution in [2.45, 2.75) is 38.7 Å². The standard InChI is InChI=1S/C9H16O3/c1-2-11-9(10)6-5-8-4-3-7-12-8/h8H,2-7H2,1H3/t8-/m0/s1. The Morgan fingerprint density at radius 3 is 3.08 bits per heavy atom. The monoisotopic (exact) mass is 172 g/mol. The Hall–Kier alpha value is -0.570. The van der Waals surface area contributed by atoms with Crippen molar-refractivity contribution in [2.75, 3.05) is 13.2 Å². The van der Waals surface area contributed by atoms with Gasteiger partial charge in [0.1, 0.15) is 0 Å². The van der Waals surface area contributed by atoms with Gasteiger partial charge in [0.2, 0.25) is 0 Å². The van der Waals surface area contributed by atoms with Gasteiger partial charge in [0.15, 0.2) is 0 Å². The molecule has 1 atom stereocenters. The van der Waals surface area contributed by atoms with Crippen molar-refractivity contribution in [2.24, 2.45) is 0 Å². The highest BCUT2D eigenvalue weighted by Gasteiger charge is 2.16. The van der Waals surface area contributed by atoms with Crippen LogP contribution in [-0.2, 0) is 14.3 Å². The Bertz CT molecular complexity index is 139. The highest BCUT2D eigenvalue weighted by atomic mass is 16.5. The minimum absolute atomic E-state index is 0.104. The molecule has 1 saturated heterocycles. The van der Waals surface area contributed by atoms with Crippen LogP contribution in [0.1, 0.15) is 32.6 Å². The maximum atomic E-state index is 10.9. The maximum absolute atomic E-state index is 10.9. The van der Waals surface area contributed by atoms with E-state index in [-0.39, 0.29) is 5.97 Å². The molecule has 1 heterocycles. The molecule has 0 bridgehead atoms. The molecule has 0 saturated carbocycles. The third-order valence-electron chi connectivity index (χ3n) is 2.00. The molecule has 70 valence electrons. The summed E-state index contributed by atoms with van der Waals surface area (Å²) in [6.45, 7) is 3.15. The Morgan fingerprint density at radius 2 is 2.50 bits per heavy atom. The minimum atomic E-state index is -0.104. The van der Waals surface area contributed by atoms with E-state index in [0.29, 0.717) is 19.1 Å².